The summed E-state index contributed by atoms with van der Waals surface area (Å²) in [5.41, 5.74) is 1.86. The van der Waals surface area contributed by atoms with E-state index >= 15 is 0 Å². The first-order chi connectivity index (χ1) is 12.6. The molecule has 2 aromatic rings. The van der Waals surface area contributed by atoms with Gasteiger partial charge in [-0.2, -0.15) is 0 Å². The Bertz CT molecular complexity index is 830. The lowest BCUT2D eigenvalue weighted by atomic mass is 10.0. The maximum Gasteiger partial charge on any atom is 0.325 e. The van der Waals surface area contributed by atoms with Crippen LogP contribution < -0.4 is 10.2 Å². The van der Waals surface area contributed by atoms with Gasteiger partial charge in [0.1, 0.15) is 6.54 Å². The Kier molecular flexibility index (Phi) is 4.82. The SMILES string of the molecule is O=C(CN1CCN(c2cccc(Cl)c2)C1=O)Nc1nc2c(s1)CCCC2. The fourth-order valence-corrected chi connectivity index (χ4v) is 4.60. The summed E-state index contributed by atoms with van der Waals surface area (Å²) in [5.74, 6) is -0.211. The molecule has 0 radical (unpaired) electrons. The molecule has 1 aromatic carbocycles. The van der Waals surface area contributed by atoms with E-state index < -0.39 is 0 Å². The van der Waals surface area contributed by atoms with E-state index in [-0.39, 0.29) is 18.5 Å². The van der Waals surface area contributed by atoms with Crippen LogP contribution in [0.15, 0.2) is 24.3 Å². The molecule has 2 aliphatic rings. The summed E-state index contributed by atoms with van der Waals surface area (Å²) in [7, 11) is 0. The number of nitrogens with zero attached hydrogens (tertiary/aromatic N) is 3. The largest absolute Gasteiger partial charge is 0.325 e. The third-order valence-corrected chi connectivity index (χ3v) is 5.95. The maximum absolute atomic E-state index is 12.6. The van der Waals surface area contributed by atoms with Gasteiger partial charge < -0.3 is 10.2 Å². The number of amides is 3. The van der Waals surface area contributed by atoms with Gasteiger partial charge in [-0.1, -0.05) is 17.7 Å². The number of fused-ring (bicyclic) bond motifs is 1. The summed E-state index contributed by atoms with van der Waals surface area (Å²) < 4.78 is 0. The van der Waals surface area contributed by atoms with Crippen LogP contribution in [0.2, 0.25) is 5.02 Å². The highest BCUT2D eigenvalue weighted by Crippen LogP contribution is 2.29. The number of nitrogens with one attached hydrogen (secondary N) is 1. The first-order valence-electron chi connectivity index (χ1n) is 8.70. The lowest BCUT2D eigenvalue weighted by molar-refractivity contribution is -0.116. The number of hydrogen-bond donors (Lipinski definition) is 1. The van der Waals surface area contributed by atoms with Gasteiger partial charge in [-0.15, -0.1) is 11.3 Å². The standard InChI is InChI=1S/C18H19ClN4O2S/c19-12-4-3-5-13(10-12)23-9-8-22(18(23)25)11-16(24)21-17-20-14-6-1-2-7-15(14)26-17/h3-5,10H,1-2,6-9,11H2,(H,20,21,24). The Hall–Kier alpha value is -2.12. The van der Waals surface area contributed by atoms with Gasteiger partial charge in [-0.05, 0) is 43.9 Å². The summed E-state index contributed by atoms with van der Waals surface area (Å²) >= 11 is 7.55. The summed E-state index contributed by atoms with van der Waals surface area (Å²) in [6.07, 6.45) is 4.37. The molecule has 1 aliphatic carbocycles. The molecule has 0 bridgehead atoms. The second kappa shape index (κ2) is 7.25. The molecule has 1 aromatic heterocycles. The van der Waals surface area contributed by atoms with E-state index in [0.29, 0.717) is 23.2 Å². The van der Waals surface area contributed by atoms with Crippen LogP contribution in [0, 0.1) is 0 Å². The zero-order valence-electron chi connectivity index (χ0n) is 14.2. The van der Waals surface area contributed by atoms with Crippen LogP contribution in [-0.2, 0) is 17.6 Å². The molecular formula is C18H19ClN4O2S. The van der Waals surface area contributed by atoms with Gasteiger partial charge in [0, 0.05) is 28.7 Å². The molecule has 1 fully saturated rings. The van der Waals surface area contributed by atoms with Crippen molar-refractivity contribution in [2.75, 3.05) is 29.9 Å². The average molecular weight is 391 g/mol. The van der Waals surface area contributed by atoms with Gasteiger partial charge in [-0.25, -0.2) is 9.78 Å². The van der Waals surface area contributed by atoms with Crippen LogP contribution in [0.4, 0.5) is 15.6 Å². The van der Waals surface area contributed by atoms with Gasteiger partial charge in [0.05, 0.1) is 5.69 Å². The van der Waals surface area contributed by atoms with E-state index in [0.717, 1.165) is 30.6 Å². The molecule has 0 unspecified atom stereocenters. The van der Waals surface area contributed by atoms with Crippen molar-refractivity contribution in [2.24, 2.45) is 0 Å². The molecule has 1 N–H and O–H groups in total. The van der Waals surface area contributed by atoms with E-state index in [9.17, 15) is 9.59 Å². The van der Waals surface area contributed by atoms with E-state index in [2.05, 4.69) is 10.3 Å². The van der Waals surface area contributed by atoms with E-state index in [1.807, 2.05) is 12.1 Å². The van der Waals surface area contributed by atoms with Crippen LogP contribution in [0.5, 0.6) is 0 Å². The minimum Gasteiger partial charge on any atom is -0.313 e. The third-order valence-electron chi connectivity index (χ3n) is 4.64. The van der Waals surface area contributed by atoms with E-state index in [1.165, 1.54) is 11.3 Å². The highest BCUT2D eigenvalue weighted by molar-refractivity contribution is 7.15. The second-order valence-corrected chi connectivity index (χ2v) is 8.00. The predicted octanol–water partition coefficient (Wildman–Crippen LogP) is 3.56. The molecule has 1 saturated heterocycles. The minimum atomic E-state index is -0.211. The number of aryl methyl sites for hydroxylation is 2. The molecule has 0 atom stereocenters. The van der Waals surface area contributed by atoms with E-state index in [1.54, 1.807) is 33.3 Å². The number of benzene rings is 1. The number of carbonyl (C=O) groups excluding carboxylic acids is 2. The van der Waals surface area contributed by atoms with Crippen LogP contribution in [-0.4, -0.2) is 41.5 Å². The molecular weight excluding hydrogens is 372 g/mol. The number of hydrogen-bond acceptors (Lipinski definition) is 4. The Morgan fingerprint density at radius 3 is 2.92 bits per heavy atom. The normalized spacial score (nSPS) is 16.7. The molecule has 0 spiro atoms. The van der Waals surface area contributed by atoms with E-state index in [4.69, 9.17) is 11.6 Å². The quantitative estimate of drug-likeness (QED) is 0.868. The molecule has 26 heavy (non-hydrogen) atoms. The topological polar surface area (TPSA) is 65.5 Å². The Morgan fingerprint density at radius 1 is 1.27 bits per heavy atom. The van der Waals surface area contributed by atoms with Crippen molar-refractivity contribution in [3.63, 3.8) is 0 Å². The van der Waals surface area contributed by atoms with Crippen LogP contribution in [0.25, 0.3) is 0 Å². The van der Waals surface area contributed by atoms with Gasteiger partial charge in [0.15, 0.2) is 5.13 Å². The number of anilines is 2. The molecule has 1 aliphatic heterocycles. The molecule has 4 rings (SSSR count). The molecule has 8 heteroatoms. The van der Waals surface area contributed by atoms with Crippen LogP contribution in [0.1, 0.15) is 23.4 Å². The number of urea groups is 1. The number of halogens is 1. The summed E-state index contributed by atoms with van der Waals surface area (Å²) in [6, 6.07) is 6.99. The fraction of sp³-hybridized carbons (Fsp3) is 0.389. The molecule has 136 valence electrons. The van der Waals surface area contributed by atoms with Crippen molar-refractivity contribution in [3.8, 4) is 0 Å². The second-order valence-electron chi connectivity index (χ2n) is 6.48. The average Bonchev–Trinajstić information content (AvgIpc) is 3.18. The maximum atomic E-state index is 12.6. The Morgan fingerprint density at radius 2 is 2.12 bits per heavy atom. The molecule has 6 nitrogen and oxygen atoms in total. The molecule has 2 heterocycles. The summed E-state index contributed by atoms with van der Waals surface area (Å²) in [4.78, 5) is 33.9. The van der Waals surface area contributed by atoms with Crippen molar-refractivity contribution in [1.29, 1.82) is 0 Å². The third kappa shape index (κ3) is 3.54. The lowest BCUT2D eigenvalue weighted by Gasteiger charge is -2.18. The number of aromatic nitrogens is 1. The van der Waals surface area contributed by atoms with Crippen molar-refractivity contribution in [2.45, 2.75) is 25.7 Å². The zero-order chi connectivity index (χ0) is 18.1. The van der Waals surface area contributed by atoms with Gasteiger partial charge >= 0.3 is 6.03 Å². The fourth-order valence-electron chi connectivity index (χ4n) is 3.35. The smallest absolute Gasteiger partial charge is 0.313 e. The summed E-state index contributed by atoms with van der Waals surface area (Å²) in [6.45, 7) is 1.07. The highest BCUT2D eigenvalue weighted by atomic mass is 35.5. The lowest BCUT2D eigenvalue weighted by Crippen LogP contribution is -2.37. The molecule has 0 saturated carbocycles. The Balaban J connectivity index is 1.37. The molecule has 3 amide bonds. The zero-order valence-corrected chi connectivity index (χ0v) is 15.8. The van der Waals surface area contributed by atoms with Gasteiger partial charge in [0.2, 0.25) is 5.91 Å². The summed E-state index contributed by atoms with van der Waals surface area (Å²) in [5, 5.41) is 4.07. The highest BCUT2D eigenvalue weighted by Gasteiger charge is 2.31. The van der Waals surface area contributed by atoms with Crippen LogP contribution in [0.3, 0.4) is 0 Å². The first kappa shape index (κ1) is 17.3. The minimum absolute atomic E-state index is 0.0279. The van der Waals surface area contributed by atoms with Crippen molar-refractivity contribution < 1.29 is 9.59 Å². The first-order valence-corrected chi connectivity index (χ1v) is 9.90. The monoisotopic (exact) mass is 390 g/mol. The van der Waals surface area contributed by atoms with Gasteiger partial charge in [-0.3, -0.25) is 9.69 Å². The van der Waals surface area contributed by atoms with Crippen LogP contribution >= 0.6 is 22.9 Å². The van der Waals surface area contributed by atoms with Crippen molar-refractivity contribution in [1.82, 2.24) is 9.88 Å². The number of thiazole rings is 1. The van der Waals surface area contributed by atoms with Crippen molar-refractivity contribution in [3.05, 3.63) is 39.9 Å². The number of rotatable bonds is 4. The van der Waals surface area contributed by atoms with Gasteiger partial charge in [0.25, 0.3) is 0 Å². The Labute approximate surface area is 160 Å². The number of carbonyl (C=O) groups is 2. The van der Waals surface area contributed by atoms with Crippen molar-refractivity contribution >= 4 is 45.7 Å². The predicted molar refractivity (Wildman–Crippen MR) is 103 cm³/mol.